The molecule has 0 aromatic carbocycles. The van der Waals surface area contributed by atoms with Crippen LogP contribution in [0.15, 0.2) is 0 Å². The number of nitrogens with zero attached hydrogens (tertiary/aromatic N) is 1. The third-order valence-electron chi connectivity index (χ3n) is 1.45. The minimum atomic E-state index is -0.589. The molecular weight excluding hydrogens is 198 g/mol. The van der Waals surface area contributed by atoms with Crippen LogP contribution in [-0.4, -0.2) is 24.6 Å². The molecule has 0 N–H and O–H groups in total. The number of hydrogen-bond donors (Lipinski definition) is 0. The predicted octanol–water partition coefficient (Wildman–Crippen LogP) is 1.59. The van der Waals surface area contributed by atoms with Gasteiger partial charge in [0.2, 0.25) is 0 Å². The van der Waals surface area contributed by atoms with Crippen LogP contribution in [0.5, 0.6) is 0 Å². The summed E-state index contributed by atoms with van der Waals surface area (Å²) in [7, 11) is 0. The lowest BCUT2D eigenvalue weighted by Gasteiger charge is -2.20. The Hall–Kier alpha value is -0.650. The third kappa shape index (κ3) is 8.35. The van der Waals surface area contributed by atoms with Gasteiger partial charge in [-0.1, -0.05) is 12.4 Å². The van der Waals surface area contributed by atoms with Gasteiger partial charge < -0.3 is 9.47 Å². The zero-order chi connectivity index (χ0) is 11.8. The van der Waals surface area contributed by atoms with E-state index >= 15 is 0 Å². The first-order chi connectivity index (χ1) is 6.95. The second-order valence-electron chi connectivity index (χ2n) is 3.40. The topological polar surface area (TPSA) is 58.9 Å². The highest BCUT2D eigenvalue weighted by atomic mass is 16.8. The summed E-state index contributed by atoms with van der Waals surface area (Å²) in [6, 6.07) is 0. The van der Waals surface area contributed by atoms with Crippen LogP contribution in [-0.2, 0) is 19.1 Å². The molecule has 0 spiro atoms. The van der Waals surface area contributed by atoms with Crippen molar-refractivity contribution in [2.75, 3.05) is 0 Å². The van der Waals surface area contributed by atoms with E-state index < -0.39 is 6.29 Å². The van der Waals surface area contributed by atoms with Crippen LogP contribution in [0.4, 0.5) is 0 Å². The van der Waals surface area contributed by atoms with Gasteiger partial charge in [0.1, 0.15) is 0 Å². The van der Waals surface area contributed by atoms with Crippen LogP contribution < -0.4 is 5.48 Å². The van der Waals surface area contributed by atoms with E-state index in [0.717, 1.165) is 0 Å². The Morgan fingerprint density at radius 2 is 1.73 bits per heavy atom. The molecule has 2 atom stereocenters. The number of amides is 1. The molecule has 0 fully saturated rings. The van der Waals surface area contributed by atoms with Crippen molar-refractivity contribution in [2.24, 2.45) is 0 Å². The standard InChI is InChI=1S/C10H20NO4/c1-6-10(12)11-15-9(5)14-8(4)13-7(2)3/h7-9H,6H2,1-5H3. The first-order valence-corrected chi connectivity index (χ1v) is 5.16. The number of hydroxylamine groups is 1. The van der Waals surface area contributed by atoms with Gasteiger partial charge in [-0.2, -0.15) is 0 Å². The molecule has 1 radical (unpaired) electrons. The van der Waals surface area contributed by atoms with Gasteiger partial charge in [0.25, 0.3) is 5.91 Å². The summed E-state index contributed by atoms with van der Waals surface area (Å²) in [5.41, 5.74) is 3.36. The lowest BCUT2D eigenvalue weighted by atomic mass is 10.5. The Labute approximate surface area is 91.0 Å². The van der Waals surface area contributed by atoms with E-state index in [1.54, 1.807) is 20.8 Å². The van der Waals surface area contributed by atoms with Gasteiger partial charge in [-0.15, -0.1) is 0 Å². The maximum absolute atomic E-state index is 10.8. The summed E-state index contributed by atoms with van der Waals surface area (Å²) >= 11 is 0. The number of carbonyl (C=O) groups is 1. The lowest BCUT2D eigenvalue weighted by molar-refractivity contribution is -0.258. The van der Waals surface area contributed by atoms with Crippen LogP contribution in [0.1, 0.15) is 41.0 Å². The molecule has 0 aliphatic rings. The number of ether oxygens (including phenoxy) is 2. The second-order valence-corrected chi connectivity index (χ2v) is 3.40. The molecule has 0 heterocycles. The van der Waals surface area contributed by atoms with E-state index in [4.69, 9.17) is 14.3 Å². The molecule has 1 amide bonds. The van der Waals surface area contributed by atoms with Gasteiger partial charge >= 0.3 is 0 Å². The Morgan fingerprint density at radius 1 is 1.13 bits per heavy atom. The first kappa shape index (κ1) is 14.3. The average molecular weight is 218 g/mol. The third-order valence-corrected chi connectivity index (χ3v) is 1.45. The minimum Gasteiger partial charge on any atom is -0.350 e. The van der Waals surface area contributed by atoms with Crippen molar-refractivity contribution < 1.29 is 19.1 Å². The van der Waals surface area contributed by atoms with Crippen molar-refractivity contribution in [3.63, 3.8) is 0 Å². The van der Waals surface area contributed by atoms with Crippen LogP contribution in [0.3, 0.4) is 0 Å². The Kier molecular flexibility index (Phi) is 7.29. The Balaban J connectivity index is 3.63. The molecule has 0 saturated carbocycles. The number of hydrogen-bond acceptors (Lipinski definition) is 4. The molecule has 15 heavy (non-hydrogen) atoms. The van der Waals surface area contributed by atoms with E-state index in [2.05, 4.69) is 5.48 Å². The van der Waals surface area contributed by atoms with Crippen molar-refractivity contribution in [3.05, 3.63) is 0 Å². The van der Waals surface area contributed by atoms with Crippen LogP contribution in [0.2, 0.25) is 0 Å². The van der Waals surface area contributed by atoms with Crippen LogP contribution >= 0.6 is 0 Å². The highest BCUT2D eigenvalue weighted by Gasteiger charge is 2.12. The summed E-state index contributed by atoms with van der Waals surface area (Å²) in [6.07, 6.45) is -0.562. The largest absolute Gasteiger partial charge is 0.350 e. The normalized spacial score (nSPS) is 15.1. The number of rotatable bonds is 7. The Morgan fingerprint density at radius 3 is 2.20 bits per heavy atom. The number of carbonyl (C=O) groups excluding carboxylic acids is 1. The van der Waals surface area contributed by atoms with E-state index in [9.17, 15) is 4.79 Å². The molecule has 89 valence electrons. The second kappa shape index (κ2) is 7.62. The molecule has 0 saturated heterocycles. The summed E-state index contributed by atoms with van der Waals surface area (Å²) in [4.78, 5) is 15.6. The smallest absolute Gasteiger partial charge is 0.269 e. The van der Waals surface area contributed by atoms with E-state index in [1.165, 1.54) is 0 Å². The predicted molar refractivity (Wildman–Crippen MR) is 54.7 cm³/mol. The zero-order valence-corrected chi connectivity index (χ0v) is 10.0. The van der Waals surface area contributed by atoms with Crippen LogP contribution in [0, 0.1) is 0 Å². The summed E-state index contributed by atoms with van der Waals surface area (Å²) in [5.74, 6) is -0.303. The van der Waals surface area contributed by atoms with Gasteiger partial charge in [-0.3, -0.25) is 4.79 Å². The molecule has 0 aromatic rings. The molecule has 0 rings (SSSR count). The van der Waals surface area contributed by atoms with Crippen molar-refractivity contribution >= 4 is 5.91 Å². The van der Waals surface area contributed by atoms with Gasteiger partial charge in [0, 0.05) is 6.42 Å². The SMILES string of the molecule is CCC(=O)[N]OC(C)OC(C)OC(C)C. The quantitative estimate of drug-likeness (QED) is 0.481. The molecule has 5 nitrogen and oxygen atoms in total. The molecule has 0 aliphatic heterocycles. The van der Waals surface area contributed by atoms with Crippen molar-refractivity contribution in [3.8, 4) is 0 Å². The fourth-order valence-electron chi connectivity index (χ4n) is 0.908. The molecule has 0 aromatic heterocycles. The highest BCUT2D eigenvalue weighted by molar-refractivity contribution is 5.73. The van der Waals surface area contributed by atoms with Gasteiger partial charge in [0.05, 0.1) is 6.10 Å². The minimum absolute atomic E-state index is 0.0846. The highest BCUT2D eigenvalue weighted by Crippen LogP contribution is 2.03. The van der Waals surface area contributed by atoms with Crippen molar-refractivity contribution in [1.82, 2.24) is 5.48 Å². The zero-order valence-electron chi connectivity index (χ0n) is 10.0. The fourth-order valence-corrected chi connectivity index (χ4v) is 0.908. The maximum atomic E-state index is 10.8. The summed E-state index contributed by atoms with van der Waals surface area (Å²) < 4.78 is 10.6. The monoisotopic (exact) mass is 218 g/mol. The van der Waals surface area contributed by atoms with Gasteiger partial charge in [0.15, 0.2) is 12.6 Å². The van der Waals surface area contributed by atoms with Gasteiger partial charge in [-0.25, -0.2) is 4.84 Å². The molecule has 2 unspecified atom stereocenters. The van der Waals surface area contributed by atoms with E-state index in [0.29, 0.717) is 6.42 Å². The van der Waals surface area contributed by atoms with Crippen molar-refractivity contribution in [1.29, 1.82) is 0 Å². The van der Waals surface area contributed by atoms with Gasteiger partial charge in [-0.05, 0) is 27.7 Å². The fraction of sp³-hybridized carbons (Fsp3) is 0.900. The molecule has 5 heteroatoms. The Bertz CT molecular complexity index is 184. The van der Waals surface area contributed by atoms with E-state index in [1.807, 2.05) is 13.8 Å². The maximum Gasteiger partial charge on any atom is 0.269 e. The summed E-state index contributed by atoms with van der Waals surface area (Å²) in [6.45, 7) is 8.96. The average Bonchev–Trinajstić information content (AvgIpc) is 2.12. The van der Waals surface area contributed by atoms with Crippen molar-refractivity contribution in [2.45, 2.75) is 59.7 Å². The van der Waals surface area contributed by atoms with E-state index in [-0.39, 0.29) is 18.3 Å². The van der Waals surface area contributed by atoms with Crippen LogP contribution in [0.25, 0.3) is 0 Å². The summed E-state index contributed by atoms with van der Waals surface area (Å²) in [5, 5.41) is 0. The molecule has 0 bridgehead atoms. The lowest BCUT2D eigenvalue weighted by Crippen LogP contribution is -2.28. The molecular formula is C10H20NO4. The molecule has 0 aliphatic carbocycles. The first-order valence-electron chi connectivity index (χ1n) is 5.16.